The zero-order valence-corrected chi connectivity index (χ0v) is 25.0. The molecule has 216 valence electrons. The van der Waals surface area contributed by atoms with Crippen molar-refractivity contribution < 1.29 is 19.4 Å². The number of carbonyl (C=O) groups excluding carboxylic acids is 1. The number of nitrogens with zero attached hydrogens (tertiary/aromatic N) is 1. The van der Waals surface area contributed by atoms with E-state index >= 15 is 0 Å². The minimum absolute atomic E-state index is 0.172. The van der Waals surface area contributed by atoms with E-state index in [0.717, 1.165) is 74.5 Å². The number of aliphatic hydroxyl groups is 1. The normalized spacial score (nSPS) is 24.7. The quantitative estimate of drug-likeness (QED) is 0.254. The average Bonchev–Trinajstić information content (AvgIpc) is 3.06. The van der Waals surface area contributed by atoms with Gasteiger partial charge in [0.1, 0.15) is 5.75 Å². The third-order valence-corrected chi connectivity index (χ3v) is 9.21. The molecule has 6 heteroatoms. The SMILES string of the molecule is CCC/C=C/[C@H](O)[C@@H]1CC[C@H]1CN1C[C@@]2(CCCc3cc(Cl)ccc32)COc2ccc(C(=O)OCC(C)C)cc21. The maximum atomic E-state index is 12.9. The molecular formula is C34H44ClNO4. The summed E-state index contributed by atoms with van der Waals surface area (Å²) in [6.07, 6.45) is 11.0. The number of hydrogen-bond acceptors (Lipinski definition) is 5. The summed E-state index contributed by atoms with van der Waals surface area (Å²) in [5.74, 6) is 1.39. The highest BCUT2D eigenvalue weighted by Gasteiger charge is 2.44. The first-order chi connectivity index (χ1) is 19.3. The van der Waals surface area contributed by atoms with Gasteiger partial charge in [-0.2, -0.15) is 0 Å². The highest BCUT2D eigenvalue weighted by atomic mass is 35.5. The molecule has 0 aromatic heterocycles. The van der Waals surface area contributed by atoms with Gasteiger partial charge in [-0.15, -0.1) is 0 Å². The molecule has 0 bridgehead atoms. The van der Waals surface area contributed by atoms with Crippen LogP contribution in [-0.4, -0.2) is 43.5 Å². The van der Waals surface area contributed by atoms with Gasteiger partial charge in [-0.05, 0) is 97.7 Å². The van der Waals surface area contributed by atoms with E-state index < -0.39 is 6.10 Å². The number of aliphatic hydroxyl groups excluding tert-OH is 1. The molecule has 0 saturated heterocycles. The van der Waals surface area contributed by atoms with Crippen molar-refractivity contribution >= 4 is 23.3 Å². The number of carbonyl (C=O) groups is 1. The molecule has 5 nitrogen and oxygen atoms in total. The standard InChI is InChI=1S/C34H44ClNO4/c1-4-5-6-9-31(37)28-13-10-26(28)19-36-21-34(16-7-8-24-17-27(35)12-14-29(24)34)22-40-32-15-11-25(18-30(32)36)33(38)39-20-23(2)3/h6,9,11-12,14-15,17-18,23,26,28,31,37H,4-5,7-8,10,13,16,19-22H2,1-3H3/b9-6+/t26-,28+,31-,34-/m0/s1. The van der Waals surface area contributed by atoms with Gasteiger partial charge in [0.2, 0.25) is 0 Å². The Kier molecular flexibility index (Phi) is 9.11. The molecule has 1 fully saturated rings. The molecule has 2 aromatic carbocycles. The highest BCUT2D eigenvalue weighted by molar-refractivity contribution is 6.30. The van der Waals surface area contributed by atoms with Crippen LogP contribution in [0, 0.1) is 17.8 Å². The van der Waals surface area contributed by atoms with Crippen LogP contribution in [0.25, 0.3) is 0 Å². The van der Waals surface area contributed by atoms with Crippen LogP contribution >= 0.6 is 11.6 Å². The Balaban J connectivity index is 1.47. The van der Waals surface area contributed by atoms with Crippen LogP contribution in [0.5, 0.6) is 5.75 Å². The van der Waals surface area contributed by atoms with Crippen molar-refractivity contribution in [3.63, 3.8) is 0 Å². The minimum atomic E-state index is -0.420. The number of halogens is 1. The number of esters is 1. The van der Waals surface area contributed by atoms with Gasteiger partial charge < -0.3 is 19.5 Å². The molecule has 0 amide bonds. The van der Waals surface area contributed by atoms with E-state index in [4.69, 9.17) is 21.1 Å². The lowest BCUT2D eigenvalue weighted by molar-refractivity contribution is 0.0456. The smallest absolute Gasteiger partial charge is 0.338 e. The lowest BCUT2D eigenvalue weighted by Gasteiger charge is -2.45. The monoisotopic (exact) mass is 565 g/mol. The lowest BCUT2D eigenvalue weighted by Crippen LogP contribution is -2.49. The van der Waals surface area contributed by atoms with Crippen molar-refractivity contribution in [2.24, 2.45) is 17.8 Å². The van der Waals surface area contributed by atoms with E-state index in [0.29, 0.717) is 24.7 Å². The number of unbranched alkanes of at least 4 members (excludes halogenated alkanes) is 1. The van der Waals surface area contributed by atoms with Crippen molar-refractivity contribution in [2.75, 3.05) is 31.2 Å². The van der Waals surface area contributed by atoms with Crippen molar-refractivity contribution in [3.8, 4) is 5.75 Å². The Morgan fingerprint density at radius 2 is 2.10 bits per heavy atom. The van der Waals surface area contributed by atoms with Gasteiger partial charge in [0.05, 0.1) is 30.6 Å². The molecule has 0 radical (unpaired) electrons. The number of benzene rings is 2. The zero-order chi connectivity index (χ0) is 28.3. The summed E-state index contributed by atoms with van der Waals surface area (Å²) in [6, 6.07) is 12.0. The summed E-state index contributed by atoms with van der Waals surface area (Å²) in [7, 11) is 0. The van der Waals surface area contributed by atoms with Crippen LogP contribution in [0.3, 0.4) is 0 Å². The summed E-state index contributed by atoms with van der Waals surface area (Å²) in [5, 5.41) is 11.7. The molecule has 1 saturated carbocycles. The molecular weight excluding hydrogens is 522 g/mol. The van der Waals surface area contributed by atoms with E-state index in [9.17, 15) is 9.90 Å². The largest absolute Gasteiger partial charge is 0.490 e. The predicted molar refractivity (Wildman–Crippen MR) is 162 cm³/mol. The number of fused-ring (bicyclic) bond motifs is 3. The molecule has 2 aliphatic carbocycles. The van der Waals surface area contributed by atoms with Gasteiger partial charge in [0.15, 0.2) is 0 Å². The molecule has 5 rings (SSSR count). The summed E-state index contributed by atoms with van der Waals surface area (Å²) >= 11 is 6.40. The number of ether oxygens (including phenoxy) is 2. The fourth-order valence-corrected chi connectivity index (χ4v) is 6.86. The average molecular weight is 566 g/mol. The van der Waals surface area contributed by atoms with Gasteiger partial charge in [-0.25, -0.2) is 4.79 Å². The predicted octanol–water partition coefficient (Wildman–Crippen LogP) is 7.37. The van der Waals surface area contributed by atoms with Gasteiger partial charge in [0, 0.05) is 23.5 Å². The van der Waals surface area contributed by atoms with Gasteiger partial charge in [-0.1, -0.05) is 57.0 Å². The highest BCUT2D eigenvalue weighted by Crippen LogP contribution is 2.46. The second kappa shape index (κ2) is 12.6. The Bertz CT molecular complexity index is 1230. The van der Waals surface area contributed by atoms with Crippen LogP contribution in [0.2, 0.25) is 5.02 Å². The Labute approximate surface area is 244 Å². The van der Waals surface area contributed by atoms with Crippen LogP contribution in [0.4, 0.5) is 5.69 Å². The molecule has 2 aromatic rings. The molecule has 4 atom stereocenters. The maximum Gasteiger partial charge on any atom is 0.338 e. The lowest BCUT2D eigenvalue weighted by atomic mass is 9.68. The summed E-state index contributed by atoms with van der Waals surface area (Å²) in [4.78, 5) is 15.4. The number of rotatable bonds is 9. The third-order valence-electron chi connectivity index (χ3n) is 8.98. The maximum absolute atomic E-state index is 12.9. The molecule has 3 aliphatic rings. The van der Waals surface area contributed by atoms with Crippen LogP contribution in [0.1, 0.15) is 80.8 Å². The van der Waals surface area contributed by atoms with E-state index in [1.54, 1.807) is 0 Å². The van der Waals surface area contributed by atoms with Crippen molar-refractivity contribution in [1.82, 2.24) is 0 Å². The molecule has 40 heavy (non-hydrogen) atoms. The Morgan fingerprint density at radius 1 is 1.25 bits per heavy atom. The topological polar surface area (TPSA) is 59.0 Å². The van der Waals surface area contributed by atoms with Gasteiger partial charge in [0.25, 0.3) is 0 Å². The fourth-order valence-electron chi connectivity index (χ4n) is 6.67. The van der Waals surface area contributed by atoms with Crippen LogP contribution < -0.4 is 9.64 Å². The van der Waals surface area contributed by atoms with Crippen molar-refractivity contribution in [3.05, 3.63) is 70.3 Å². The first-order valence-electron chi connectivity index (χ1n) is 15.1. The zero-order valence-electron chi connectivity index (χ0n) is 24.2. The Hall–Kier alpha value is -2.50. The Morgan fingerprint density at radius 3 is 2.85 bits per heavy atom. The fraction of sp³-hybridized carbons (Fsp3) is 0.559. The molecule has 1 N–H and O–H groups in total. The van der Waals surface area contributed by atoms with Crippen molar-refractivity contribution in [2.45, 2.75) is 77.2 Å². The van der Waals surface area contributed by atoms with Gasteiger partial charge in [-0.3, -0.25) is 0 Å². The van der Waals surface area contributed by atoms with Gasteiger partial charge >= 0.3 is 5.97 Å². The minimum Gasteiger partial charge on any atom is -0.490 e. The van der Waals surface area contributed by atoms with E-state index in [1.807, 2.05) is 44.2 Å². The number of anilines is 1. The molecule has 1 heterocycles. The number of allylic oxidation sites excluding steroid dienone is 1. The second-order valence-electron chi connectivity index (χ2n) is 12.5. The van der Waals surface area contributed by atoms with E-state index in [-0.39, 0.29) is 23.2 Å². The van der Waals surface area contributed by atoms with E-state index in [1.165, 1.54) is 11.1 Å². The second-order valence-corrected chi connectivity index (χ2v) is 12.9. The summed E-state index contributed by atoms with van der Waals surface area (Å²) < 4.78 is 12.1. The molecule has 1 aliphatic heterocycles. The van der Waals surface area contributed by atoms with Crippen LogP contribution in [0.15, 0.2) is 48.6 Å². The summed E-state index contributed by atoms with van der Waals surface area (Å²) in [5.41, 5.74) is 3.95. The summed E-state index contributed by atoms with van der Waals surface area (Å²) in [6.45, 7) is 8.82. The van der Waals surface area contributed by atoms with Crippen molar-refractivity contribution in [1.29, 1.82) is 0 Å². The first-order valence-corrected chi connectivity index (χ1v) is 15.5. The number of hydrogen-bond donors (Lipinski definition) is 1. The molecule has 0 unspecified atom stereocenters. The number of aryl methyl sites for hydroxylation is 1. The first kappa shape index (κ1) is 29.0. The molecule has 1 spiro atoms. The third kappa shape index (κ3) is 6.21. The van der Waals surface area contributed by atoms with E-state index in [2.05, 4.69) is 30.0 Å². The van der Waals surface area contributed by atoms with Crippen LogP contribution in [-0.2, 0) is 16.6 Å².